The number of para-hydroxylation sites is 1. The van der Waals surface area contributed by atoms with Gasteiger partial charge in [-0.25, -0.2) is 13.2 Å². The SMILES string of the molecule is Cc1ccc(NC(=O)CN2C(=O)NC(Cc3c[nH]c4ccccc34)C2=O)cc1S(=O)(=O)N1CCCCC1. The first kappa shape index (κ1) is 25.0. The first-order valence-electron chi connectivity index (χ1n) is 12.3. The maximum atomic E-state index is 13.2. The van der Waals surface area contributed by atoms with Crippen molar-refractivity contribution in [2.75, 3.05) is 25.0 Å². The van der Waals surface area contributed by atoms with Crippen molar-refractivity contribution in [1.29, 1.82) is 0 Å². The highest BCUT2D eigenvalue weighted by Crippen LogP contribution is 2.26. The van der Waals surface area contributed by atoms with Crippen LogP contribution in [0.5, 0.6) is 0 Å². The summed E-state index contributed by atoms with van der Waals surface area (Å²) >= 11 is 0. The van der Waals surface area contributed by atoms with E-state index in [0.717, 1.165) is 40.6 Å². The minimum atomic E-state index is -3.69. The summed E-state index contributed by atoms with van der Waals surface area (Å²) in [6, 6.07) is 10.9. The van der Waals surface area contributed by atoms with Crippen LogP contribution in [0.3, 0.4) is 0 Å². The number of aromatic amines is 1. The third-order valence-corrected chi connectivity index (χ3v) is 8.95. The van der Waals surface area contributed by atoms with Gasteiger partial charge in [-0.1, -0.05) is 30.7 Å². The Bertz CT molecular complexity index is 1480. The fourth-order valence-corrected chi connectivity index (χ4v) is 6.70. The summed E-state index contributed by atoms with van der Waals surface area (Å²) in [5, 5.41) is 6.26. The lowest BCUT2D eigenvalue weighted by Gasteiger charge is -2.26. The minimum Gasteiger partial charge on any atom is -0.361 e. The van der Waals surface area contributed by atoms with Gasteiger partial charge in [0.2, 0.25) is 15.9 Å². The van der Waals surface area contributed by atoms with Crippen molar-refractivity contribution in [1.82, 2.24) is 19.5 Å². The van der Waals surface area contributed by atoms with E-state index in [1.54, 1.807) is 19.1 Å². The summed E-state index contributed by atoms with van der Waals surface area (Å²) in [5.41, 5.74) is 2.69. The summed E-state index contributed by atoms with van der Waals surface area (Å²) in [5.74, 6) is -1.08. The van der Waals surface area contributed by atoms with E-state index >= 15 is 0 Å². The van der Waals surface area contributed by atoms with Crippen molar-refractivity contribution < 1.29 is 22.8 Å². The van der Waals surface area contributed by atoms with Gasteiger partial charge in [-0.2, -0.15) is 4.31 Å². The average Bonchev–Trinajstić information content (AvgIpc) is 3.41. The molecule has 2 aromatic carbocycles. The van der Waals surface area contributed by atoms with Crippen molar-refractivity contribution in [3.05, 3.63) is 59.8 Å². The Balaban J connectivity index is 1.25. The number of imide groups is 1. The number of nitrogens with zero attached hydrogens (tertiary/aromatic N) is 2. The predicted octanol–water partition coefficient (Wildman–Crippen LogP) is 2.75. The second kappa shape index (κ2) is 9.98. The topological polar surface area (TPSA) is 132 Å². The van der Waals surface area contributed by atoms with E-state index in [1.807, 2.05) is 30.5 Å². The lowest BCUT2D eigenvalue weighted by atomic mass is 10.1. The van der Waals surface area contributed by atoms with Gasteiger partial charge in [0.15, 0.2) is 0 Å². The standard InChI is InChI=1S/C26H29N5O5S/c1-17-9-10-19(14-23(17)37(35,36)30-11-5-2-6-12-30)28-24(32)16-31-25(33)22(29-26(31)34)13-18-15-27-21-8-4-3-7-20(18)21/h3-4,7-10,14-15,22,27H,2,5-6,11-13,16H2,1H3,(H,28,32)(H,29,34). The first-order valence-corrected chi connectivity index (χ1v) is 13.8. The number of amides is 4. The molecule has 194 valence electrons. The highest BCUT2D eigenvalue weighted by Gasteiger charge is 2.39. The van der Waals surface area contributed by atoms with Crippen LogP contribution in [0.1, 0.15) is 30.4 Å². The van der Waals surface area contributed by atoms with Gasteiger partial charge in [-0.05, 0) is 49.1 Å². The molecule has 3 heterocycles. The Morgan fingerprint density at radius 3 is 2.62 bits per heavy atom. The maximum absolute atomic E-state index is 13.2. The van der Waals surface area contributed by atoms with E-state index in [1.165, 1.54) is 10.4 Å². The van der Waals surface area contributed by atoms with Crippen LogP contribution < -0.4 is 10.6 Å². The van der Waals surface area contributed by atoms with Gasteiger partial charge in [-0.3, -0.25) is 14.5 Å². The van der Waals surface area contributed by atoms with Crippen LogP contribution in [0.2, 0.25) is 0 Å². The molecule has 10 nitrogen and oxygen atoms in total. The van der Waals surface area contributed by atoms with Crippen LogP contribution in [0.25, 0.3) is 10.9 Å². The molecule has 0 bridgehead atoms. The molecule has 0 aliphatic carbocycles. The molecule has 5 rings (SSSR count). The average molecular weight is 524 g/mol. The molecule has 3 aromatic rings. The van der Waals surface area contributed by atoms with Gasteiger partial charge in [0, 0.05) is 42.3 Å². The zero-order chi connectivity index (χ0) is 26.2. The molecule has 37 heavy (non-hydrogen) atoms. The van der Waals surface area contributed by atoms with Crippen LogP contribution >= 0.6 is 0 Å². The fourth-order valence-electron chi connectivity index (χ4n) is 4.93. The van der Waals surface area contributed by atoms with E-state index in [9.17, 15) is 22.8 Å². The molecule has 0 spiro atoms. The van der Waals surface area contributed by atoms with Gasteiger partial charge >= 0.3 is 6.03 Å². The number of fused-ring (bicyclic) bond motifs is 1. The van der Waals surface area contributed by atoms with Crippen LogP contribution in [0, 0.1) is 6.92 Å². The molecule has 3 N–H and O–H groups in total. The molecule has 2 saturated heterocycles. The zero-order valence-electron chi connectivity index (χ0n) is 20.5. The van der Waals surface area contributed by atoms with Crippen molar-refractivity contribution in [3.8, 4) is 0 Å². The first-order chi connectivity index (χ1) is 17.7. The Hall–Kier alpha value is -3.70. The van der Waals surface area contributed by atoms with Gasteiger partial charge in [-0.15, -0.1) is 0 Å². The van der Waals surface area contributed by atoms with Crippen LogP contribution in [0.15, 0.2) is 53.6 Å². The largest absolute Gasteiger partial charge is 0.361 e. The molecular weight excluding hydrogens is 494 g/mol. The summed E-state index contributed by atoms with van der Waals surface area (Å²) in [6.07, 6.45) is 4.76. The lowest BCUT2D eigenvalue weighted by Crippen LogP contribution is -2.38. The molecule has 2 aliphatic rings. The number of carbonyl (C=O) groups is 3. The van der Waals surface area contributed by atoms with Gasteiger partial charge < -0.3 is 15.6 Å². The summed E-state index contributed by atoms with van der Waals surface area (Å²) in [6.45, 7) is 2.19. The monoisotopic (exact) mass is 523 g/mol. The molecule has 2 fully saturated rings. The number of rotatable bonds is 7. The quantitative estimate of drug-likeness (QED) is 0.410. The second-order valence-electron chi connectivity index (χ2n) is 9.48. The Labute approximate surface area is 215 Å². The molecular formula is C26H29N5O5S. The van der Waals surface area contributed by atoms with E-state index in [-0.39, 0.29) is 10.6 Å². The zero-order valence-corrected chi connectivity index (χ0v) is 21.3. The predicted molar refractivity (Wildman–Crippen MR) is 138 cm³/mol. The Morgan fingerprint density at radius 1 is 1.08 bits per heavy atom. The number of carbonyl (C=O) groups excluding carboxylic acids is 3. The molecule has 11 heteroatoms. The third-order valence-electron chi connectivity index (χ3n) is 6.91. The molecule has 1 atom stereocenters. The molecule has 2 aliphatic heterocycles. The van der Waals surface area contributed by atoms with Gasteiger partial charge in [0.05, 0.1) is 4.90 Å². The van der Waals surface area contributed by atoms with Gasteiger partial charge in [0.1, 0.15) is 12.6 Å². The Morgan fingerprint density at radius 2 is 1.84 bits per heavy atom. The fraction of sp³-hybridized carbons (Fsp3) is 0.346. The summed E-state index contributed by atoms with van der Waals surface area (Å²) in [7, 11) is -3.69. The third kappa shape index (κ3) is 4.96. The molecule has 4 amide bonds. The van der Waals surface area contributed by atoms with E-state index in [4.69, 9.17) is 0 Å². The normalized spacial score (nSPS) is 18.8. The van der Waals surface area contributed by atoms with E-state index < -0.39 is 40.5 Å². The summed E-state index contributed by atoms with van der Waals surface area (Å²) < 4.78 is 27.8. The van der Waals surface area contributed by atoms with Crippen molar-refractivity contribution in [2.45, 2.75) is 43.5 Å². The van der Waals surface area contributed by atoms with Crippen molar-refractivity contribution >= 4 is 44.5 Å². The van der Waals surface area contributed by atoms with Crippen molar-refractivity contribution in [3.63, 3.8) is 0 Å². The highest BCUT2D eigenvalue weighted by atomic mass is 32.2. The number of hydrogen-bond donors (Lipinski definition) is 3. The van der Waals surface area contributed by atoms with Crippen LogP contribution in [0.4, 0.5) is 10.5 Å². The Kier molecular flexibility index (Phi) is 6.74. The minimum absolute atomic E-state index is 0.140. The number of H-pyrrole nitrogens is 1. The maximum Gasteiger partial charge on any atom is 0.325 e. The number of urea groups is 1. The molecule has 0 radical (unpaired) electrons. The number of nitrogens with one attached hydrogen (secondary N) is 3. The van der Waals surface area contributed by atoms with Gasteiger partial charge in [0.25, 0.3) is 5.91 Å². The molecule has 1 aromatic heterocycles. The van der Waals surface area contributed by atoms with Crippen molar-refractivity contribution in [2.24, 2.45) is 0 Å². The molecule has 1 unspecified atom stereocenters. The van der Waals surface area contributed by atoms with E-state index in [2.05, 4.69) is 15.6 Å². The second-order valence-corrected chi connectivity index (χ2v) is 11.4. The number of anilines is 1. The number of aryl methyl sites for hydroxylation is 1. The number of sulfonamides is 1. The number of hydrogen-bond acceptors (Lipinski definition) is 5. The number of aromatic nitrogens is 1. The van der Waals surface area contributed by atoms with E-state index in [0.29, 0.717) is 25.1 Å². The number of piperidine rings is 1. The highest BCUT2D eigenvalue weighted by molar-refractivity contribution is 7.89. The molecule has 0 saturated carbocycles. The lowest BCUT2D eigenvalue weighted by molar-refractivity contribution is -0.130. The van der Waals surface area contributed by atoms with Crippen LogP contribution in [-0.4, -0.2) is 66.1 Å². The summed E-state index contributed by atoms with van der Waals surface area (Å²) in [4.78, 5) is 42.4. The smallest absolute Gasteiger partial charge is 0.325 e. The number of benzene rings is 2. The van der Waals surface area contributed by atoms with Crippen LogP contribution in [-0.2, 0) is 26.0 Å².